The number of hydrogen-bond acceptors (Lipinski definition) is 4. The number of hydrogen-bond donors (Lipinski definition) is 2. The van der Waals surface area contributed by atoms with Gasteiger partial charge in [-0.15, -0.1) is 0 Å². The molecule has 0 saturated carbocycles. The van der Waals surface area contributed by atoms with Crippen molar-refractivity contribution in [3.05, 3.63) is 58.6 Å². The monoisotopic (exact) mass is 390 g/mol. The summed E-state index contributed by atoms with van der Waals surface area (Å²) in [5.74, 6) is 0.814. The lowest BCUT2D eigenvalue weighted by Gasteiger charge is -2.16. The van der Waals surface area contributed by atoms with E-state index in [0.717, 1.165) is 5.56 Å². The molecule has 7 heteroatoms. The number of aryl methyl sites for hydroxylation is 1. The van der Waals surface area contributed by atoms with Gasteiger partial charge in [-0.05, 0) is 61.9 Å². The van der Waals surface area contributed by atoms with Crippen LogP contribution < -0.4 is 20.1 Å². The molecule has 0 saturated heterocycles. The van der Waals surface area contributed by atoms with Gasteiger partial charge in [0.25, 0.3) is 11.8 Å². The third kappa shape index (κ3) is 6.18. The fraction of sp³-hybridized carbons (Fsp3) is 0.300. The van der Waals surface area contributed by atoms with Crippen LogP contribution in [0.4, 0.5) is 0 Å². The van der Waals surface area contributed by atoms with Crippen LogP contribution in [-0.2, 0) is 4.79 Å². The Hall–Kier alpha value is -2.73. The Kier molecular flexibility index (Phi) is 7.49. The number of carbonyl (C=O) groups excluding carboxylic acids is 2. The Bertz CT molecular complexity index is 793. The molecule has 0 aliphatic carbocycles. The standard InChI is InChI=1S/C20H23ClN2O4/c1-13-12-16(21)6-9-18(13)27-14(2)19(24)22-10-11-23-20(25)15-4-7-17(26-3)8-5-15/h4-9,12,14H,10-11H2,1-3H3,(H,22,24)(H,23,25). The first-order valence-corrected chi connectivity index (χ1v) is 8.91. The summed E-state index contributed by atoms with van der Waals surface area (Å²) >= 11 is 5.91. The predicted molar refractivity (Wildman–Crippen MR) is 105 cm³/mol. The van der Waals surface area contributed by atoms with Crippen molar-refractivity contribution in [2.45, 2.75) is 20.0 Å². The summed E-state index contributed by atoms with van der Waals surface area (Å²) in [7, 11) is 1.57. The zero-order valence-electron chi connectivity index (χ0n) is 15.5. The first-order valence-electron chi connectivity index (χ1n) is 8.53. The molecule has 27 heavy (non-hydrogen) atoms. The van der Waals surface area contributed by atoms with E-state index in [2.05, 4.69) is 10.6 Å². The molecule has 0 spiro atoms. The van der Waals surface area contributed by atoms with E-state index in [1.54, 1.807) is 56.5 Å². The molecule has 144 valence electrons. The van der Waals surface area contributed by atoms with Crippen molar-refractivity contribution in [2.75, 3.05) is 20.2 Å². The van der Waals surface area contributed by atoms with E-state index in [9.17, 15) is 9.59 Å². The second kappa shape index (κ2) is 9.83. The van der Waals surface area contributed by atoms with Crippen molar-refractivity contribution in [3.63, 3.8) is 0 Å². The van der Waals surface area contributed by atoms with E-state index in [1.807, 2.05) is 6.92 Å². The maximum Gasteiger partial charge on any atom is 0.260 e. The third-order valence-corrected chi connectivity index (χ3v) is 4.11. The molecule has 0 fully saturated rings. The van der Waals surface area contributed by atoms with Gasteiger partial charge in [0.2, 0.25) is 0 Å². The molecule has 0 aliphatic rings. The van der Waals surface area contributed by atoms with Crippen molar-refractivity contribution >= 4 is 23.4 Å². The molecule has 1 unspecified atom stereocenters. The molecule has 2 rings (SSSR count). The largest absolute Gasteiger partial charge is 0.497 e. The van der Waals surface area contributed by atoms with Crippen LogP contribution in [0.5, 0.6) is 11.5 Å². The van der Waals surface area contributed by atoms with Crippen molar-refractivity contribution in [3.8, 4) is 11.5 Å². The van der Waals surface area contributed by atoms with Gasteiger partial charge in [-0.25, -0.2) is 0 Å². The van der Waals surface area contributed by atoms with Gasteiger partial charge in [0.05, 0.1) is 7.11 Å². The molecule has 2 N–H and O–H groups in total. The molecule has 2 amide bonds. The number of methoxy groups -OCH3 is 1. The molecular weight excluding hydrogens is 368 g/mol. The normalized spacial score (nSPS) is 11.4. The quantitative estimate of drug-likeness (QED) is 0.679. The highest BCUT2D eigenvalue weighted by Crippen LogP contribution is 2.22. The van der Waals surface area contributed by atoms with Crippen LogP contribution in [0.25, 0.3) is 0 Å². The Balaban J connectivity index is 1.73. The van der Waals surface area contributed by atoms with Crippen molar-refractivity contribution in [1.29, 1.82) is 0 Å². The number of nitrogens with one attached hydrogen (secondary N) is 2. The van der Waals surface area contributed by atoms with Gasteiger partial charge in [-0.3, -0.25) is 9.59 Å². The molecule has 0 heterocycles. The summed E-state index contributed by atoms with van der Waals surface area (Å²) < 4.78 is 10.7. The minimum atomic E-state index is -0.665. The smallest absolute Gasteiger partial charge is 0.260 e. The molecule has 6 nitrogen and oxygen atoms in total. The molecule has 2 aromatic rings. The maximum absolute atomic E-state index is 12.1. The van der Waals surface area contributed by atoms with Crippen molar-refractivity contribution < 1.29 is 19.1 Å². The lowest BCUT2D eigenvalue weighted by atomic mass is 10.2. The SMILES string of the molecule is COc1ccc(C(=O)NCCNC(=O)C(C)Oc2ccc(Cl)cc2C)cc1. The van der Waals surface area contributed by atoms with Gasteiger partial charge in [-0.2, -0.15) is 0 Å². The minimum absolute atomic E-state index is 0.215. The van der Waals surface area contributed by atoms with Crippen LogP contribution >= 0.6 is 11.6 Å². The fourth-order valence-electron chi connectivity index (χ4n) is 2.34. The van der Waals surface area contributed by atoms with Gasteiger partial charge < -0.3 is 20.1 Å². The number of benzene rings is 2. The Morgan fingerprint density at radius 2 is 1.74 bits per heavy atom. The van der Waals surface area contributed by atoms with Crippen LogP contribution in [0.3, 0.4) is 0 Å². The second-order valence-electron chi connectivity index (χ2n) is 5.95. The summed E-state index contributed by atoms with van der Waals surface area (Å²) in [6.07, 6.45) is -0.665. The van der Waals surface area contributed by atoms with E-state index in [0.29, 0.717) is 35.2 Å². The van der Waals surface area contributed by atoms with E-state index in [1.165, 1.54) is 0 Å². The predicted octanol–water partition coefficient (Wildman–Crippen LogP) is 2.97. The Labute approximate surface area is 163 Å². The number of amides is 2. The lowest BCUT2D eigenvalue weighted by molar-refractivity contribution is -0.127. The number of carbonyl (C=O) groups is 2. The highest BCUT2D eigenvalue weighted by molar-refractivity contribution is 6.30. The van der Waals surface area contributed by atoms with Crippen LogP contribution in [-0.4, -0.2) is 38.1 Å². The summed E-state index contributed by atoms with van der Waals surface area (Å²) in [6.45, 7) is 4.14. The fourth-order valence-corrected chi connectivity index (χ4v) is 2.57. The van der Waals surface area contributed by atoms with E-state index in [4.69, 9.17) is 21.1 Å². The summed E-state index contributed by atoms with van der Waals surface area (Å²) in [4.78, 5) is 24.2. The van der Waals surface area contributed by atoms with Crippen LogP contribution in [0.2, 0.25) is 5.02 Å². The Morgan fingerprint density at radius 3 is 2.37 bits per heavy atom. The minimum Gasteiger partial charge on any atom is -0.497 e. The number of ether oxygens (including phenoxy) is 2. The zero-order chi connectivity index (χ0) is 19.8. The van der Waals surface area contributed by atoms with Gasteiger partial charge in [0.1, 0.15) is 11.5 Å². The zero-order valence-corrected chi connectivity index (χ0v) is 16.3. The van der Waals surface area contributed by atoms with E-state index >= 15 is 0 Å². The molecule has 0 bridgehead atoms. The van der Waals surface area contributed by atoms with Gasteiger partial charge in [0.15, 0.2) is 6.10 Å². The maximum atomic E-state index is 12.1. The lowest BCUT2D eigenvalue weighted by Crippen LogP contribution is -2.40. The number of rotatable bonds is 8. The third-order valence-electron chi connectivity index (χ3n) is 3.87. The average molecular weight is 391 g/mol. The first kappa shape index (κ1) is 20.6. The molecule has 0 aromatic heterocycles. The number of halogens is 1. The van der Waals surface area contributed by atoms with Gasteiger partial charge in [-0.1, -0.05) is 11.6 Å². The highest BCUT2D eigenvalue weighted by Gasteiger charge is 2.15. The van der Waals surface area contributed by atoms with Crippen LogP contribution in [0, 0.1) is 6.92 Å². The molecule has 2 aromatic carbocycles. The topological polar surface area (TPSA) is 76.7 Å². The molecular formula is C20H23ClN2O4. The first-order chi connectivity index (χ1) is 12.9. The summed E-state index contributed by atoms with van der Waals surface area (Å²) in [6, 6.07) is 12.0. The van der Waals surface area contributed by atoms with Crippen molar-refractivity contribution in [1.82, 2.24) is 10.6 Å². The Morgan fingerprint density at radius 1 is 1.07 bits per heavy atom. The van der Waals surface area contributed by atoms with Crippen molar-refractivity contribution in [2.24, 2.45) is 0 Å². The molecule has 0 aliphatic heterocycles. The van der Waals surface area contributed by atoms with E-state index < -0.39 is 6.10 Å². The van der Waals surface area contributed by atoms with E-state index in [-0.39, 0.29) is 11.8 Å². The van der Waals surface area contributed by atoms with Gasteiger partial charge >= 0.3 is 0 Å². The highest BCUT2D eigenvalue weighted by atomic mass is 35.5. The summed E-state index contributed by atoms with van der Waals surface area (Å²) in [5, 5.41) is 6.10. The molecule has 1 atom stereocenters. The van der Waals surface area contributed by atoms with Crippen LogP contribution in [0.1, 0.15) is 22.8 Å². The average Bonchev–Trinajstić information content (AvgIpc) is 2.67. The summed E-state index contributed by atoms with van der Waals surface area (Å²) in [5.41, 5.74) is 1.38. The van der Waals surface area contributed by atoms with Gasteiger partial charge in [0, 0.05) is 23.7 Å². The second-order valence-corrected chi connectivity index (χ2v) is 6.38. The molecule has 0 radical (unpaired) electrons. The van der Waals surface area contributed by atoms with Crippen LogP contribution in [0.15, 0.2) is 42.5 Å².